The molecule has 110 valence electrons. The van der Waals surface area contributed by atoms with Gasteiger partial charge in [0, 0.05) is 22.7 Å². The van der Waals surface area contributed by atoms with E-state index in [1.54, 1.807) is 6.07 Å². The van der Waals surface area contributed by atoms with Crippen LogP contribution in [0, 0.1) is 0 Å². The summed E-state index contributed by atoms with van der Waals surface area (Å²) in [5, 5.41) is 15.9. The van der Waals surface area contributed by atoms with Crippen LogP contribution in [0.4, 0.5) is 0 Å². The van der Waals surface area contributed by atoms with Gasteiger partial charge in [0.2, 0.25) is 0 Å². The van der Waals surface area contributed by atoms with Crippen LogP contribution in [-0.2, 0) is 6.54 Å². The molecule has 0 radical (unpaired) electrons. The zero-order valence-electron chi connectivity index (χ0n) is 11.8. The lowest BCUT2D eigenvalue weighted by molar-refractivity contribution is 0.252. The van der Waals surface area contributed by atoms with E-state index in [2.05, 4.69) is 17.4 Å². The largest absolute Gasteiger partial charge is 0.409 e. The van der Waals surface area contributed by atoms with Gasteiger partial charge in [0.25, 0.3) is 0 Å². The lowest BCUT2D eigenvalue weighted by Crippen LogP contribution is -2.43. The number of nitrogens with one attached hydrogen (secondary N) is 1. The van der Waals surface area contributed by atoms with E-state index in [1.165, 1.54) is 32.1 Å². The summed E-state index contributed by atoms with van der Waals surface area (Å²) >= 11 is 6.26. The fraction of sp³-hybridized carbons (Fsp3) is 0.533. The number of rotatable bonds is 4. The predicted octanol–water partition coefficient (Wildman–Crippen LogP) is 3.25. The van der Waals surface area contributed by atoms with Crippen LogP contribution >= 0.6 is 11.6 Å². The molecule has 0 spiro atoms. The van der Waals surface area contributed by atoms with Crippen molar-refractivity contribution in [1.29, 1.82) is 0 Å². The van der Waals surface area contributed by atoms with Gasteiger partial charge < -0.3 is 16.3 Å². The summed E-state index contributed by atoms with van der Waals surface area (Å²) in [6, 6.07) is 5.48. The van der Waals surface area contributed by atoms with E-state index in [0.29, 0.717) is 10.6 Å². The first-order valence-corrected chi connectivity index (χ1v) is 7.43. The predicted molar refractivity (Wildman–Crippen MR) is 82.3 cm³/mol. The lowest BCUT2D eigenvalue weighted by Gasteiger charge is -2.35. The van der Waals surface area contributed by atoms with Crippen LogP contribution in [0.5, 0.6) is 0 Å². The SMILES string of the molecule is CC1(NCc2ccc(/C(N)=N/O)cc2Cl)CCCCC1. The smallest absolute Gasteiger partial charge is 0.170 e. The number of nitrogens with two attached hydrogens (primary N) is 1. The minimum Gasteiger partial charge on any atom is -0.409 e. The van der Waals surface area contributed by atoms with Gasteiger partial charge in [-0.2, -0.15) is 0 Å². The molecule has 0 heterocycles. The van der Waals surface area contributed by atoms with Crippen molar-refractivity contribution in [3.63, 3.8) is 0 Å². The maximum Gasteiger partial charge on any atom is 0.170 e. The topological polar surface area (TPSA) is 70.6 Å². The molecule has 0 aromatic heterocycles. The van der Waals surface area contributed by atoms with E-state index in [9.17, 15) is 0 Å². The monoisotopic (exact) mass is 295 g/mol. The van der Waals surface area contributed by atoms with Gasteiger partial charge in [-0.25, -0.2) is 0 Å². The number of hydrogen-bond donors (Lipinski definition) is 3. The van der Waals surface area contributed by atoms with Crippen molar-refractivity contribution in [1.82, 2.24) is 5.32 Å². The highest BCUT2D eigenvalue weighted by Crippen LogP contribution is 2.28. The van der Waals surface area contributed by atoms with Gasteiger partial charge >= 0.3 is 0 Å². The highest BCUT2D eigenvalue weighted by molar-refractivity contribution is 6.31. The number of hydrogen-bond acceptors (Lipinski definition) is 3. The lowest BCUT2D eigenvalue weighted by atomic mass is 9.83. The molecule has 2 rings (SSSR count). The molecule has 20 heavy (non-hydrogen) atoms. The second-order valence-corrected chi connectivity index (χ2v) is 6.17. The fourth-order valence-corrected chi connectivity index (χ4v) is 2.97. The second kappa shape index (κ2) is 6.46. The summed E-state index contributed by atoms with van der Waals surface area (Å²) in [5.74, 6) is 0.0747. The molecule has 1 fully saturated rings. The number of halogens is 1. The molecule has 1 aliphatic rings. The minimum atomic E-state index is 0.0747. The van der Waals surface area contributed by atoms with E-state index in [1.807, 2.05) is 12.1 Å². The van der Waals surface area contributed by atoms with Gasteiger partial charge in [-0.15, -0.1) is 0 Å². The highest BCUT2D eigenvalue weighted by Gasteiger charge is 2.25. The van der Waals surface area contributed by atoms with Crippen LogP contribution in [0.1, 0.15) is 50.2 Å². The van der Waals surface area contributed by atoms with Crippen molar-refractivity contribution >= 4 is 17.4 Å². The van der Waals surface area contributed by atoms with Crippen molar-refractivity contribution in [3.05, 3.63) is 34.3 Å². The Morgan fingerprint density at radius 1 is 1.40 bits per heavy atom. The molecule has 0 atom stereocenters. The van der Waals surface area contributed by atoms with Gasteiger partial charge in [-0.05, 0) is 31.4 Å². The standard InChI is InChI=1S/C15H22ClN3O/c1-15(7-3-2-4-8-15)18-10-12-6-5-11(9-13(12)16)14(17)19-20/h5-6,9,18,20H,2-4,7-8,10H2,1H3,(H2,17,19). The molecule has 1 aromatic carbocycles. The van der Waals surface area contributed by atoms with Crippen LogP contribution in [0.3, 0.4) is 0 Å². The van der Waals surface area contributed by atoms with Gasteiger partial charge in [0.05, 0.1) is 0 Å². The van der Waals surface area contributed by atoms with Gasteiger partial charge in [0.15, 0.2) is 5.84 Å². The first-order chi connectivity index (χ1) is 9.54. The maximum absolute atomic E-state index is 8.66. The normalized spacial score (nSPS) is 19.0. The Balaban J connectivity index is 2.03. The van der Waals surface area contributed by atoms with Crippen molar-refractivity contribution in [2.24, 2.45) is 10.9 Å². The number of nitrogens with zero attached hydrogens (tertiary/aromatic N) is 1. The fourth-order valence-electron chi connectivity index (χ4n) is 2.73. The number of oxime groups is 1. The summed E-state index contributed by atoms with van der Waals surface area (Å²) in [4.78, 5) is 0. The number of benzene rings is 1. The van der Waals surface area contributed by atoms with Crippen molar-refractivity contribution in [2.45, 2.75) is 51.1 Å². The van der Waals surface area contributed by atoms with Crippen molar-refractivity contribution in [3.8, 4) is 0 Å². The molecule has 0 saturated heterocycles. The first-order valence-electron chi connectivity index (χ1n) is 7.05. The molecule has 0 amide bonds. The molecule has 1 aromatic rings. The van der Waals surface area contributed by atoms with E-state index in [-0.39, 0.29) is 11.4 Å². The zero-order chi connectivity index (χ0) is 14.6. The number of amidine groups is 1. The van der Waals surface area contributed by atoms with Crippen LogP contribution in [0.25, 0.3) is 0 Å². The Morgan fingerprint density at radius 3 is 2.70 bits per heavy atom. The van der Waals surface area contributed by atoms with E-state index in [4.69, 9.17) is 22.5 Å². The summed E-state index contributed by atoms with van der Waals surface area (Å²) in [6.07, 6.45) is 6.35. The summed E-state index contributed by atoms with van der Waals surface area (Å²) < 4.78 is 0. The van der Waals surface area contributed by atoms with Crippen molar-refractivity contribution < 1.29 is 5.21 Å². The van der Waals surface area contributed by atoms with Crippen LogP contribution in [0.15, 0.2) is 23.4 Å². The Bertz CT molecular complexity index is 496. The Kier molecular flexibility index (Phi) is 4.89. The third-order valence-corrected chi connectivity index (χ3v) is 4.47. The zero-order valence-corrected chi connectivity index (χ0v) is 12.6. The highest BCUT2D eigenvalue weighted by atomic mass is 35.5. The molecule has 0 aliphatic heterocycles. The van der Waals surface area contributed by atoms with E-state index in [0.717, 1.165) is 12.1 Å². The third-order valence-electron chi connectivity index (χ3n) is 4.12. The molecular formula is C15H22ClN3O. The van der Waals surface area contributed by atoms with Crippen molar-refractivity contribution in [2.75, 3.05) is 0 Å². The Hall–Kier alpha value is -1.26. The maximum atomic E-state index is 8.66. The van der Waals surface area contributed by atoms with E-state index >= 15 is 0 Å². The van der Waals surface area contributed by atoms with Crippen LogP contribution < -0.4 is 11.1 Å². The molecule has 4 N–H and O–H groups in total. The average molecular weight is 296 g/mol. The minimum absolute atomic E-state index is 0.0747. The Labute approximate surface area is 125 Å². The molecule has 1 aliphatic carbocycles. The molecule has 4 nitrogen and oxygen atoms in total. The second-order valence-electron chi connectivity index (χ2n) is 5.77. The molecule has 1 saturated carbocycles. The summed E-state index contributed by atoms with van der Waals surface area (Å²) in [5.41, 5.74) is 7.43. The molecular weight excluding hydrogens is 274 g/mol. The van der Waals surface area contributed by atoms with Gasteiger partial charge in [0.1, 0.15) is 0 Å². The average Bonchev–Trinajstić information content (AvgIpc) is 2.46. The van der Waals surface area contributed by atoms with E-state index < -0.39 is 0 Å². The molecule has 0 unspecified atom stereocenters. The quantitative estimate of drug-likeness (QED) is 0.346. The summed E-state index contributed by atoms with van der Waals surface area (Å²) in [7, 11) is 0. The third kappa shape index (κ3) is 3.64. The Morgan fingerprint density at radius 2 is 2.10 bits per heavy atom. The molecule has 0 bridgehead atoms. The van der Waals surface area contributed by atoms with Crippen LogP contribution in [-0.4, -0.2) is 16.6 Å². The first kappa shape index (κ1) is 15.1. The van der Waals surface area contributed by atoms with Crippen LogP contribution in [0.2, 0.25) is 5.02 Å². The summed E-state index contributed by atoms with van der Waals surface area (Å²) in [6.45, 7) is 3.02. The van der Waals surface area contributed by atoms with Gasteiger partial charge in [-0.1, -0.05) is 48.2 Å². The molecule has 5 heteroatoms. The van der Waals surface area contributed by atoms with Gasteiger partial charge in [-0.3, -0.25) is 0 Å².